The summed E-state index contributed by atoms with van der Waals surface area (Å²) in [6.45, 7) is 0.543. The van der Waals surface area contributed by atoms with E-state index < -0.39 is 29.0 Å². The van der Waals surface area contributed by atoms with Crippen LogP contribution in [-0.2, 0) is 19.1 Å². The molecule has 0 radical (unpaired) electrons. The van der Waals surface area contributed by atoms with Crippen LogP contribution in [0.1, 0.15) is 27.0 Å². The number of benzene rings is 4. The summed E-state index contributed by atoms with van der Waals surface area (Å²) >= 11 is 0. The topological polar surface area (TPSA) is 66.9 Å². The van der Waals surface area contributed by atoms with Crippen LogP contribution in [-0.4, -0.2) is 22.4 Å². The molecule has 5 aromatic rings. The highest BCUT2D eigenvalue weighted by atomic mass is 19.4. The van der Waals surface area contributed by atoms with Gasteiger partial charge in [-0.3, -0.25) is 4.79 Å². The van der Waals surface area contributed by atoms with Gasteiger partial charge in [0.2, 0.25) is 0 Å². The number of carbonyl (C=O) groups excluding carboxylic acids is 1. The van der Waals surface area contributed by atoms with Crippen molar-refractivity contribution in [2.75, 3.05) is 11.9 Å². The Hall–Kier alpha value is -4.79. The summed E-state index contributed by atoms with van der Waals surface area (Å²) in [4.78, 5) is 21.2. The molecule has 0 aliphatic carbocycles. The lowest BCUT2D eigenvalue weighted by Gasteiger charge is -2.13. The third-order valence-electron chi connectivity index (χ3n) is 6.47. The summed E-state index contributed by atoms with van der Waals surface area (Å²) in [5.41, 5.74) is 2.24. The van der Waals surface area contributed by atoms with Gasteiger partial charge < -0.3 is 10.6 Å². The van der Waals surface area contributed by atoms with Gasteiger partial charge in [-0.2, -0.15) is 13.2 Å². The molecule has 0 bridgehead atoms. The summed E-state index contributed by atoms with van der Waals surface area (Å²) in [5.74, 6) is -0.669. The second-order valence-electron chi connectivity index (χ2n) is 9.15. The van der Waals surface area contributed by atoms with Crippen LogP contribution in [0.5, 0.6) is 0 Å². The molecular formula is C31H24F4N4O. The molecule has 1 aromatic heterocycles. The van der Waals surface area contributed by atoms with Crippen LogP contribution in [0.15, 0.2) is 97.3 Å². The molecule has 0 aliphatic heterocycles. The fraction of sp³-hybridized carbons (Fsp3) is 0.129. The number of hydrogen-bond acceptors (Lipinski definition) is 4. The van der Waals surface area contributed by atoms with Gasteiger partial charge in [0.1, 0.15) is 18.0 Å². The molecule has 1 amide bonds. The molecule has 9 heteroatoms. The molecule has 2 N–H and O–H groups in total. The number of alkyl halides is 3. The van der Waals surface area contributed by atoms with Crippen molar-refractivity contribution in [2.24, 2.45) is 0 Å². The minimum atomic E-state index is -4.66. The number of amides is 1. The molecule has 40 heavy (non-hydrogen) atoms. The highest BCUT2D eigenvalue weighted by molar-refractivity contribution is 5.96. The molecule has 5 nitrogen and oxygen atoms in total. The lowest BCUT2D eigenvalue weighted by Crippen LogP contribution is -2.28. The molecule has 0 atom stereocenters. The van der Waals surface area contributed by atoms with E-state index in [9.17, 15) is 22.4 Å². The van der Waals surface area contributed by atoms with Crippen LogP contribution >= 0.6 is 0 Å². The number of halogens is 4. The number of hydrogen-bond donors (Lipinski definition) is 2. The first-order valence-corrected chi connectivity index (χ1v) is 12.6. The monoisotopic (exact) mass is 544 g/mol. The van der Waals surface area contributed by atoms with E-state index in [1.54, 1.807) is 12.1 Å². The Morgan fingerprint density at radius 2 is 1.55 bits per heavy atom. The first-order valence-electron chi connectivity index (χ1n) is 12.6. The van der Waals surface area contributed by atoms with Crippen molar-refractivity contribution < 1.29 is 22.4 Å². The third-order valence-corrected chi connectivity index (χ3v) is 6.47. The van der Waals surface area contributed by atoms with Crippen molar-refractivity contribution in [3.8, 4) is 11.1 Å². The van der Waals surface area contributed by atoms with Crippen molar-refractivity contribution in [3.63, 3.8) is 0 Å². The second-order valence-corrected chi connectivity index (χ2v) is 9.15. The Labute approximate surface area is 227 Å². The largest absolute Gasteiger partial charge is 0.417 e. The molecule has 1 heterocycles. The van der Waals surface area contributed by atoms with Gasteiger partial charge in [0, 0.05) is 18.5 Å². The highest BCUT2D eigenvalue weighted by Gasteiger charge is 2.34. The van der Waals surface area contributed by atoms with Crippen LogP contribution in [0.25, 0.3) is 22.0 Å². The van der Waals surface area contributed by atoms with E-state index in [-0.39, 0.29) is 13.0 Å². The number of rotatable bonds is 8. The summed E-state index contributed by atoms with van der Waals surface area (Å²) in [6, 6.07) is 24.8. The van der Waals surface area contributed by atoms with Gasteiger partial charge >= 0.3 is 6.18 Å². The minimum Gasteiger partial charge on any atom is -0.365 e. The molecule has 202 valence electrons. The Kier molecular flexibility index (Phi) is 7.72. The van der Waals surface area contributed by atoms with Crippen molar-refractivity contribution in [2.45, 2.75) is 19.1 Å². The maximum atomic E-state index is 14.6. The van der Waals surface area contributed by atoms with Crippen LogP contribution < -0.4 is 10.6 Å². The Morgan fingerprint density at radius 1 is 0.825 bits per heavy atom. The van der Waals surface area contributed by atoms with E-state index in [1.165, 1.54) is 24.5 Å². The van der Waals surface area contributed by atoms with Crippen LogP contribution in [0.4, 0.5) is 23.4 Å². The quantitative estimate of drug-likeness (QED) is 0.206. The minimum absolute atomic E-state index is 0.0372. The molecule has 4 aromatic carbocycles. The van der Waals surface area contributed by atoms with Gasteiger partial charge in [-0.05, 0) is 65.1 Å². The number of anilines is 1. The van der Waals surface area contributed by atoms with Crippen molar-refractivity contribution in [3.05, 3.63) is 125 Å². The lowest BCUT2D eigenvalue weighted by molar-refractivity contribution is -0.137. The second kappa shape index (κ2) is 11.5. The Morgan fingerprint density at radius 3 is 2.35 bits per heavy atom. The molecule has 0 unspecified atom stereocenters. The zero-order valence-electron chi connectivity index (χ0n) is 21.2. The number of aromatic nitrogens is 2. The van der Waals surface area contributed by atoms with Crippen LogP contribution in [0, 0.1) is 5.82 Å². The molecule has 0 fully saturated rings. The molecular weight excluding hydrogens is 520 g/mol. The molecule has 5 rings (SSSR count). The van der Waals surface area contributed by atoms with Crippen molar-refractivity contribution in [1.29, 1.82) is 0 Å². The summed E-state index contributed by atoms with van der Waals surface area (Å²) in [6.07, 6.45) is -3.07. The van der Waals surface area contributed by atoms with Gasteiger partial charge in [-0.1, -0.05) is 54.6 Å². The zero-order chi connectivity index (χ0) is 28.1. The number of carbonyl (C=O) groups is 1. The lowest BCUT2D eigenvalue weighted by atomic mass is 9.99. The van der Waals surface area contributed by atoms with E-state index in [0.717, 1.165) is 39.7 Å². The van der Waals surface area contributed by atoms with Crippen LogP contribution in [0.2, 0.25) is 0 Å². The van der Waals surface area contributed by atoms with E-state index >= 15 is 0 Å². The van der Waals surface area contributed by atoms with Crippen molar-refractivity contribution in [1.82, 2.24) is 15.3 Å². The smallest absolute Gasteiger partial charge is 0.365 e. The summed E-state index contributed by atoms with van der Waals surface area (Å²) < 4.78 is 54.4. The molecule has 0 spiro atoms. The molecule has 0 saturated carbocycles. The van der Waals surface area contributed by atoms with E-state index in [1.807, 2.05) is 48.5 Å². The van der Waals surface area contributed by atoms with E-state index in [0.29, 0.717) is 17.9 Å². The first kappa shape index (κ1) is 26.8. The average Bonchev–Trinajstić information content (AvgIpc) is 2.96. The molecule has 0 saturated heterocycles. The van der Waals surface area contributed by atoms with E-state index in [4.69, 9.17) is 0 Å². The fourth-order valence-electron chi connectivity index (χ4n) is 4.44. The SMILES string of the molecule is O=C(NCCc1cc(-c2ccc3ncnc(NCc4ccccc4)c3c2)ccc1F)c1ccccc1C(F)(F)F. The average molecular weight is 545 g/mol. The first-order chi connectivity index (χ1) is 19.3. The highest BCUT2D eigenvalue weighted by Crippen LogP contribution is 2.32. The van der Waals surface area contributed by atoms with Crippen molar-refractivity contribution >= 4 is 22.6 Å². The number of nitrogens with one attached hydrogen (secondary N) is 2. The normalized spacial score (nSPS) is 11.4. The van der Waals surface area contributed by atoms with E-state index in [2.05, 4.69) is 20.6 Å². The number of fused-ring (bicyclic) bond motifs is 1. The maximum absolute atomic E-state index is 14.6. The molecule has 0 aliphatic rings. The standard InChI is InChI=1S/C31H24F4N4O/c32-27-12-10-21(16-23(27)14-15-36-30(40)24-8-4-5-9-26(24)31(33,34)35)22-11-13-28-25(17-22)29(39-19-38-28)37-18-20-6-2-1-3-7-20/h1-13,16-17,19H,14-15,18H2,(H,36,40)(H,37,38,39). The summed E-state index contributed by atoms with van der Waals surface area (Å²) in [7, 11) is 0. The predicted octanol–water partition coefficient (Wildman–Crippen LogP) is 7.04. The van der Waals surface area contributed by atoms with Gasteiger partial charge in [0.25, 0.3) is 5.91 Å². The van der Waals surface area contributed by atoms with Gasteiger partial charge in [-0.25, -0.2) is 14.4 Å². The fourth-order valence-corrected chi connectivity index (χ4v) is 4.44. The number of nitrogens with zero attached hydrogens (tertiary/aromatic N) is 2. The van der Waals surface area contributed by atoms with Gasteiger partial charge in [0.05, 0.1) is 16.6 Å². The predicted molar refractivity (Wildman–Crippen MR) is 146 cm³/mol. The van der Waals surface area contributed by atoms with Gasteiger partial charge in [0.15, 0.2) is 0 Å². The zero-order valence-corrected chi connectivity index (χ0v) is 21.2. The Bertz CT molecular complexity index is 1660. The van der Waals surface area contributed by atoms with Gasteiger partial charge in [-0.15, -0.1) is 0 Å². The maximum Gasteiger partial charge on any atom is 0.417 e. The Balaban J connectivity index is 1.32. The summed E-state index contributed by atoms with van der Waals surface area (Å²) in [5, 5.41) is 6.62. The third kappa shape index (κ3) is 6.09. The van der Waals surface area contributed by atoms with Crippen LogP contribution in [0.3, 0.4) is 0 Å².